The molecule has 0 aliphatic carbocycles. The predicted molar refractivity (Wildman–Crippen MR) is 37.4 cm³/mol. The van der Waals surface area contributed by atoms with Crippen molar-refractivity contribution in [2.45, 2.75) is 0 Å². The molecular weight excluding hydrogens is 173 g/mol. The highest BCUT2D eigenvalue weighted by atomic mass is 31.2. The number of nitrogen functional groups attached to an aromatic ring is 1. The smallest absolute Gasteiger partial charge is 0.449 e. The van der Waals surface area contributed by atoms with Crippen molar-refractivity contribution >= 4 is 13.7 Å². The van der Waals surface area contributed by atoms with Gasteiger partial charge < -0.3 is 24.8 Å². The number of hydrogen-bond acceptors (Lipinski definition) is 3. The Balaban J connectivity index is 0.000000187. The van der Waals surface area contributed by atoms with E-state index in [-0.39, 0.29) is 0 Å². The highest BCUT2D eigenvalue weighted by molar-refractivity contribution is 7.45. The van der Waals surface area contributed by atoms with Crippen LogP contribution < -0.4 is 5.73 Å². The molecule has 0 saturated carbocycles. The van der Waals surface area contributed by atoms with E-state index in [0.717, 1.165) is 0 Å². The number of furan rings is 1. The first-order chi connectivity index (χ1) is 4.89. The summed E-state index contributed by atoms with van der Waals surface area (Å²) in [6.07, 6.45) is 1.54. The summed E-state index contributed by atoms with van der Waals surface area (Å²) in [5.41, 5.74) is 5.11. The maximum absolute atomic E-state index is 8.88. The summed E-state index contributed by atoms with van der Waals surface area (Å²) in [6, 6.07) is 3.44. The van der Waals surface area contributed by atoms with Crippen LogP contribution in [0.3, 0.4) is 0 Å². The fourth-order valence-electron chi connectivity index (χ4n) is 0.291. The molecule has 0 aromatic carbocycles. The monoisotopic (exact) mass is 181 g/mol. The highest BCUT2D eigenvalue weighted by Gasteiger charge is 2.00. The van der Waals surface area contributed by atoms with Crippen molar-refractivity contribution in [2.75, 3.05) is 5.73 Å². The summed E-state index contributed by atoms with van der Waals surface area (Å²) >= 11 is 0. The molecule has 0 spiro atoms. The van der Waals surface area contributed by atoms with Crippen molar-refractivity contribution < 1.29 is 23.7 Å². The van der Waals surface area contributed by atoms with Crippen LogP contribution >= 0.6 is 7.82 Å². The minimum absolute atomic E-state index is 0.468. The van der Waals surface area contributed by atoms with Crippen molar-refractivity contribution in [1.29, 1.82) is 0 Å². The number of hydrogen-bond donors (Lipinski definition) is 4. The third-order valence-corrected chi connectivity index (χ3v) is 0.543. The predicted octanol–water partition coefficient (Wildman–Crippen LogP) is -0.0668. The van der Waals surface area contributed by atoms with E-state index in [1.54, 1.807) is 12.1 Å². The van der Waals surface area contributed by atoms with Crippen molar-refractivity contribution in [3.63, 3.8) is 0 Å². The van der Waals surface area contributed by atoms with E-state index in [4.69, 9.17) is 25.0 Å². The van der Waals surface area contributed by atoms with E-state index < -0.39 is 7.82 Å². The first kappa shape index (κ1) is 10.2. The van der Waals surface area contributed by atoms with Gasteiger partial charge in [-0.3, -0.25) is 0 Å². The van der Waals surface area contributed by atoms with Gasteiger partial charge in [0.2, 0.25) is 0 Å². The van der Waals surface area contributed by atoms with Gasteiger partial charge in [-0.2, -0.15) is 0 Å². The third-order valence-electron chi connectivity index (χ3n) is 0.543. The lowest BCUT2D eigenvalue weighted by atomic mass is 10.6. The average molecular weight is 181 g/mol. The summed E-state index contributed by atoms with van der Waals surface area (Å²) in [4.78, 5) is 21.6. The van der Waals surface area contributed by atoms with Gasteiger partial charge in [-0.1, -0.05) is 0 Å². The molecule has 64 valence electrons. The molecule has 0 radical (unpaired) electrons. The van der Waals surface area contributed by atoms with Gasteiger partial charge in [0.05, 0.1) is 6.26 Å². The summed E-state index contributed by atoms with van der Waals surface area (Å²) in [5, 5.41) is 0. The molecule has 1 heterocycles. The van der Waals surface area contributed by atoms with Crippen LogP contribution in [0.2, 0.25) is 0 Å². The van der Waals surface area contributed by atoms with E-state index in [2.05, 4.69) is 4.42 Å². The molecule has 0 atom stereocenters. The molecule has 0 fully saturated rings. The zero-order valence-electron chi connectivity index (χ0n) is 5.41. The molecule has 1 aromatic heterocycles. The van der Waals surface area contributed by atoms with Crippen molar-refractivity contribution in [3.05, 3.63) is 18.4 Å². The zero-order chi connectivity index (χ0) is 8.91. The Bertz CT molecular complexity index is 218. The molecule has 1 aromatic rings. The number of rotatable bonds is 0. The van der Waals surface area contributed by atoms with E-state index in [9.17, 15) is 0 Å². The van der Waals surface area contributed by atoms with Crippen LogP contribution in [0.25, 0.3) is 0 Å². The van der Waals surface area contributed by atoms with Gasteiger partial charge in [0.25, 0.3) is 0 Å². The van der Waals surface area contributed by atoms with Gasteiger partial charge in [-0.05, 0) is 6.07 Å². The number of nitrogens with two attached hydrogens (primary N) is 1. The van der Waals surface area contributed by atoms with Crippen LogP contribution in [0.15, 0.2) is 22.8 Å². The molecule has 7 heteroatoms. The SMILES string of the molecule is Nc1ccco1.O=P(O)(O)O. The highest BCUT2D eigenvalue weighted by Crippen LogP contribution is 2.25. The van der Waals surface area contributed by atoms with Crippen molar-refractivity contribution in [1.82, 2.24) is 0 Å². The molecule has 11 heavy (non-hydrogen) atoms. The molecule has 6 nitrogen and oxygen atoms in total. The minimum atomic E-state index is -4.64. The molecule has 5 N–H and O–H groups in total. The largest absolute Gasteiger partial charge is 0.466 e. The van der Waals surface area contributed by atoms with E-state index in [1.165, 1.54) is 6.26 Å². The van der Waals surface area contributed by atoms with Gasteiger partial charge in [-0.25, -0.2) is 4.57 Å². The van der Waals surface area contributed by atoms with Crippen LogP contribution in [0.4, 0.5) is 5.88 Å². The Morgan fingerprint density at radius 1 is 1.45 bits per heavy atom. The van der Waals surface area contributed by atoms with Crippen molar-refractivity contribution in [2.24, 2.45) is 0 Å². The van der Waals surface area contributed by atoms with Crippen LogP contribution in [0.5, 0.6) is 0 Å². The van der Waals surface area contributed by atoms with Gasteiger partial charge in [0.15, 0.2) is 5.88 Å². The van der Waals surface area contributed by atoms with Crippen LogP contribution in [0.1, 0.15) is 0 Å². The second kappa shape index (κ2) is 4.15. The maximum Gasteiger partial charge on any atom is 0.466 e. The third kappa shape index (κ3) is 12.4. The second-order valence-corrected chi connectivity index (χ2v) is 2.56. The lowest BCUT2D eigenvalue weighted by Crippen LogP contribution is -1.74. The van der Waals surface area contributed by atoms with Gasteiger partial charge >= 0.3 is 7.82 Å². The fourth-order valence-corrected chi connectivity index (χ4v) is 0.291. The molecule has 0 amide bonds. The second-order valence-electron chi connectivity index (χ2n) is 1.53. The Morgan fingerprint density at radius 3 is 2.00 bits per heavy atom. The van der Waals surface area contributed by atoms with Crippen LogP contribution in [-0.2, 0) is 4.57 Å². The van der Waals surface area contributed by atoms with E-state index >= 15 is 0 Å². The molecule has 0 unspecified atom stereocenters. The lowest BCUT2D eigenvalue weighted by Gasteiger charge is -1.82. The maximum atomic E-state index is 8.88. The summed E-state index contributed by atoms with van der Waals surface area (Å²) in [6.45, 7) is 0. The zero-order valence-corrected chi connectivity index (χ0v) is 6.31. The first-order valence-corrected chi connectivity index (χ1v) is 4.03. The molecular formula is C4H8NO5P. The number of phosphoric acid groups is 1. The lowest BCUT2D eigenvalue weighted by molar-refractivity contribution is 0.275. The summed E-state index contributed by atoms with van der Waals surface area (Å²) in [7, 11) is -4.64. The molecule has 0 aliphatic rings. The average Bonchev–Trinajstić information content (AvgIpc) is 2.12. The number of anilines is 1. The molecule has 1 rings (SSSR count). The van der Waals surface area contributed by atoms with Gasteiger partial charge in [0, 0.05) is 6.07 Å². The molecule has 0 bridgehead atoms. The Kier molecular flexibility index (Phi) is 3.84. The topological polar surface area (TPSA) is 117 Å². The molecule has 0 aliphatic heterocycles. The van der Waals surface area contributed by atoms with Crippen LogP contribution in [-0.4, -0.2) is 14.7 Å². The fraction of sp³-hybridized carbons (Fsp3) is 0. The van der Waals surface area contributed by atoms with Gasteiger partial charge in [0.1, 0.15) is 0 Å². The Hall–Kier alpha value is -0.810. The van der Waals surface area contributed by atoms with Gasteiger partial charge in [-0.15, -0.1) is 0 Å². The standard InChI is InChI=1S/C4H5NO.H3O4P/c5-4-2-1-3-6-4;1-5(2,3)4/h1-3H,5H2;(H3,1,2,3,4). The Morgan fingerprint density at radius 2 is 1.91 bits per heavy atom. The summed E-state index contributed by atoms with van der Waals surface area (Å²) in [5.74, 6) is 0.468. The summed E-state index contributed by atoms with van der Waals surface area (Å²) < 4.78 is 13.5. The normalized spacial score (nSPS) is 10.1. The minimum Gasteiger partial charge on any atom is -0.449 e. The van der Waals surface area contributed by atoms with E-state index in [1.807, 2.05) is 0 Å². The Labute approximate surface area is 62.5 Å². The van der Waals surface area contributed by atoms with Crippen LogP contribution in [0, 0.1) is 0 Å². The van der Waals surface area contributed by atoms with Crippen molar-refractivity contribution in [3.8, 4) is 0 Å². The van der Waals surface area contributed by atoms with E-state index in [0.29, 0.717) is 5.88 Å². The first-order valence-electron chi connectivity index (χ1n) is 2.47. The molecule has 0 saturated heterocycles. The quantitative estimate of drug-likeness (QED) is 0.416.